The van der Waals surface area contributed by atoms with Gasteiger partial charge in [0.05, 0.1) is 0 Å². The van der Waals surface area contributed by atoms with Gasteiger partial charge in [-0.15, -0.1) is 0 Å². The first kappa shape index (κ1) is 18.9. The van der Waals surface area contributed by atoms with E-state index in [1.807, 2.05) is 18.2 Å². The second-order valence-electron chi connectivity index (χ2n) is 10.6. The minimum atomic E-state index is -0.135. The van der Waals surface area contributed by atoms with Crippen LogP contribution in [0, 0.1) is 34.5 Å². The lowest BCUT2D eigenvalue weighted by atomic mass is 9.45. The van der Waals surface area contributed by atoms with Crippen molar-refractivity contribution in [3.8, 4) is 0 Å². The molecular formula is C26H33ClO. The van der Waals surface area contributed by atoms with Crippen molar-refractivity contribution in [2.24, 2.45) is 34.5 Å². The first-order chi connectivity index (χ1) is 13.4. The van der Waals surface area contributed by atoms with Gasteiger partial charge in [-0.25, -0.2) is 0 Å². The summed E-state index contributed by atoms with van der Waals surface area (Å²) in [5.74, 6) is 3.48. The summed E-state index contributed by atoms with van der Waals surface area (Å²) in [6.45, 7) is 4.89. The molecule has 150 valence electrons. The van der Waals surface area contributed by atoms with Crippen LogP contribution in [0.25, 0.3) is 6.08 Å². The van der Waals surface area contributed by atoms with E-state index in [1.165, 1.54) is 44.9 Å². The molecular weight excluding hydrogens is 364 g/mol. The molecule has 1 aromatic carbocycles. The van der Waals surface area contributed by atoms with Crippen LogP contribution in [0.1, 0.15) is 77.2 Å². The predicted molar refractivity (Wildman–Crippen MR) is 116 cm³/mol. The summed E-state index contributed by atoms with van der Waals surface area (Å²) in [7, 11) is 0. The van der Waals surface area contributed by atoms with Crippen LogP contribution in [0.3, 0.4) is 0 Å². The van der Waals surface area contributed by atoms with Crippen LogP contribution in [0.5, 0.6) is 0 Å². The number of fused-ring (bicyclic) bond motifs is 5. The molecule has 1 aromatic rings. The number of hydrogen-bond acceptors (Lipinski definition) is 1. The van der Waals surface area contributed by atoms with E-state index >= 15 is 0 Å². The molecule has 1 nitrogen and oxygen atoms in total. The van der Waals surface area contributed by atoms with Gasteiger partial charge < -0.3 is 0 Å². The average molecular weight is 397 g/mol. The molecule has 4 fully saturated rings. The van der Waals surface area contributed by atoms with Crippen molar-refractivity contribution in [3.63, 3.8) is 0 Å². The van der Waals surface area contributed by atoms with E-state index in [9.17, 15) is 4.79 Å². The lowest BCUT2D eigenvalue weighted by molar-refractivity contribution is -0.137. The Bertz CT molecular complexity index is 825. The van der Waals surface area contributed by atoms with Crippen LogP contribution >= 0.6 is 11.6 Å². The van der Waals surface area contributed by atoms with Gasteiger partial charge in [-0.3, -0.25) is 4.79 Å². The van der Waals surface area contributed by atoms with Gasteiger partial charge in [-0.1, -0.05) is 50.4 Å². The smallest absolute Gasteiger partial charge is 0.165 e. The van der Waals surface area contributed by atoms with Gasteiger partial charge in [0.15, 0.2) is 5.78 Å². The molecule has 2 heteroatoms. The summed E-state index contributed by atoms with van der Waals surface area (Å²) in [5.41, 5.74) is 2.51. The Balaban J connectivity index is 1.46. The van der Waals surface area contributed by atoms with Crippen LogP contribution in [-0.4, -0.2) is 5.78 Å². The Morgan fingerprint density at radius 1 is 1.04 bits per heavy atom. The van der Waals surface area contributed by atoms with Crippen LogP contribution in [-0.2, 0) is 4.79 Å². The molecule has 4 saturated carbocycles. The van der Waals surface area contributed by atoms with Gasteiger partial charge in [0.1, 0.15) is 0 Å². The summed E-state index contributed by atoms with van der Waals surface area (Å²) < 4.78 is 0. The van der Waals surface area contributed by atoms with E-state index in [-0.39, 0.29) is 5.41 Å². The van der Waals surface area contributed by atoms with Crippen molar-refractivity contribution in [1.29, 1.82) is 0 Å². The Morgan fingerprint density at radius 3 is 2.71 bits per heavy atom. The maximum Gasteiger partial charge on any atom is 0.165 e. The lowest BCUT2D eigenvalue weighted by Crippen LogP contribution is -2.52. The van der Waals surface area contributed by atoms with Crippen molar-refractivity contribution < 1.29 is 4.79 Å². The molecule has 0 bridgehead atoms. The number of benzene rings is 1. The minimum Gasteiger partial charge on any atom is -0.294 e. The second-order valence-corrected chi connectivity index (χ2v) is 11.1. The molecule has 4 aliphatic rings. The highest BCUT2D eigenvalue weighted by Gasteiger charge is 2.60. The highest BCUT2D eigenvalue weighted by molar-refractivity contribution is 6.30. The zero-order valence-electron chi connectivity index (χ0n) is 17.3. The Morgan fingerprint density at radius 2 is 1.89 bits per heavy atom. The van der Waals surface area contributed by atoms with Gasteiger partial charge in [-0.2, -0.15) is 0 Å². The minimum absolute atomic E-state index is 0.135. The molecule has 6 atom stereocenters. The van der Waals surface area contributed by atoms with Crippen LogP contribution in [0.4, 0.5) is 0 Å². The number of allylic oxidation sites excluding steroid dienone is 1. The fraction of sp³-hybridized carbons (Fsp3) is 0.654. The monoisotopic (exact) mass is 396 g/mol. The molecule has 5 rings (SSSR count). The Kier molecular flexibility index (Phi) is 4.54. The maximum atomic E-state index is 13.5. The largest absolute Gasteiger partial charge is 0.294 e. The van der Waals surface area contributed by atoms with Crippen molar-refractivity contribution in [2.45, 2.75) is 71.6 Å². The van der Waals surface area contributed by atoms with Gasteiger partial charge in [0, 0.05) is 10.4 Å². The van der Waals surface area contributed by atoms with E-state index in [0.29, 0.717) is 17.1 Å². The Hall–Kier alpha value is -1.08. The molecule has 0 radical (unpaired) electrons. The molecule has 0 saturated heterocycles. The third-order valence-corrected chi connectivity index (χ3v) is 9.65. The highest BCUT2D eigenvalue weighted by atomic mass is 35.5. The number of halogens is 1. The van der Waals surface area contributed by atoms with Gasteiger partial charge in [0.2, 0.25) is 0 Å². The summed E-state index contributed by atoms with van der Waals surface area (Å²) in [4.78, 5) is 13.5. The number of carbonyl (C=O) groups is 1. The summed E-state index contributed by atoms with van der Waals surface area (Å²) >= 11 is 6.17. The van der Waals surface area contributed by atoms with E-state index in [0.717, 1.165) is 46.8 Å². The number of rotatable bonds is 1. The fourth-order valence-electron chi connectivity index (χ4n) is 7.89. The molecule has 0 aliphatic heterocycles. The fourth-order valence-corrected chi connectivity index (χ4v) is 8.09. The quantitative estimate of drug-likeness (QED) is 0.454. The average Bonchev–Trinajstić information content (AvgIpc) is 2.92. The first-order valence-electron chi connectivity index (χ1n) is 11.4. The lowest BCUT2D eigenvalue weighted by Gasteiger charge is -2.59. The highest BCUT2D eigenvalue weighted by Crippen LogP contribution is 2.66. The van der Waals surface area contributed by atoms with Crippen molar-refractivity contribution in [2.75, 3.05) is 0 Å². The molecule has 0 amide bonds. The van der Waals surface area contributed by atoms with Gasteiger partial charge in [-0.05, 0) is 103 Å². The summed E-state index contributed by atoms with van der Waals surface area (Å²) in [6.07, 6.45) is 13.9. The van der Waals surface area contributed by atoms with Crippen molar-refractivity contribution in [3.05, 3.63) is 40.4 Å². The van der Waals surface area contributed by atoms with Crippen molar-refractivity contribution >= 4 is 23.5 Å². The topological polar surface area (TPSA) is 17.1 Å². The number of carbonyl (C=O) groups excluding carboxylic acids is 1. The number of hydrogen-bond donors (Lipinski definition) is 0. The molecule has 28 heavy (non-hydrogen) atoms. The summed E-state index contributed by atoms with van der Waals surface area (Å²) in [6, 6.07) is 7.91. The van der Waals surface area contributed by atoms with Crippen LogP contribution in [0.2, 0.25) is 5.02 Å². The van der Waals surface area contributed by atoms with Crippen LogP contribution in [0.15, 0.2) is 29.8 Å². The van der Waals surface area contributed by atoms with Crippen LogP contribution < -0.4 is 0 Å². The molecule has 0 spiro atoms. The van der Waals surface area contributed by atoms with E-state index in [1.54, 1.807) is 0 Å². The second kappa shape index (κ2) is 6.73. The molecule has 5 unspecified atom stereocenters. The predicted octanol–water partition coefficient (Wildman–Crippen LogP) is 7.34. The maximum absolute atomic E-state index is 13.5. The third-order valence-electron chi connectivity index (χ3n) is 9.41. The summed E-state index contributed by atoms with van der Waals surface area (Å²) in [5, 5.41) is 0.743. The molecule has 4 aliphatic carbocycles. The Labute approximate surface area is 174 Å². The zero-order chi connectivity index (χ0) is 19.5. The van der Waals surface area contributed by atoms with E-state index in [2.05, 4.69) is 26.0 Å². The van der Waals surface area contributed by atoms with Gasteiger partial charge >= 0.3 is 0 Å². The molecule has 0 aromatic heterocycles. The molecule has 0 N–H and O–H groups in total. The zero-order valence-corrected chi connectivity index (χ0v) is 18.1. The SMILES string of the molecule is CC12CCC3C(CC[C@H]4CCCCC34C)C1C/C(=C\c1cccc(Cl)c1)C2=O. The van der Waals surface area contributed by atoms with E-state index < -0.39 is 0 Å². The van der Waals surface area contributed by atoms with Crippen molar-refractivity contribution in [1.82, 2.24) is 0 Å². The number of Topliss-reactive ketones (excluding diaryl/α,β-unsaturated/α-hetero) is 1. The third kappa shape index (κ3) is 2.76. The first-order valence-corrected chi connectivity index (χ1v) is 11.8. The van der Waals surface area contributed by atoms with E-state index in [4.69, 9.17) is 11.6 Å². The molecule has 0 heterocycles. The standard InChI is InChI=1S/C26H33ClO/c1-25-12-4-3-7-19(25)9-10-21-22(25)11-13-26(2)23(21)16-18(24(26)28)14-17-6-5-8-20(27)15-17/h5-6,8,14-15,19,21-23H,3-4,7,9-13,16H2,1-2H3/b18-14+/t19-,21?,22?,23?,25?,26?/m1/s1. The van der Waals surface area contributed by atoms with Gasteiger partial charge in [0.25, 0.3) is 0 Å². The normalized spacial score (nSPS) is 44.1. The number of ketones is 1.